The molecule has 0 bridgehead atoms. The summed E-state index contributed by atoms with van der Waals surface area (Å²) >= 11 is 1.60. The molecule has 1 saturated carbocycles. The van der Waals surface area contributed by atoms with E-state index in [-0.39, 0.29) is 5.91 Å². The number of nitrogens with one attached hydrogen (secondary N) is 1. The fraction of sp³-hybridized carbons (Fsp3) is 0.722. The summed E-state index contributed by atoms with van der Waals surface area (Å²) in [6.07, 6.45) is 5.68. The van der Waals surface area contributed by atoms with Gasteiger partial charge < -0.3 is 10.4 Å². The van der Waals surface area contributed by atoms with Gasteiger partial charge in [-0.25, -0.2) is 0 Å². The molecule has 6 heteroatoms. The highest BCUT2D eigenvalue weighted by atomic mass is 32.1. The molecule has 1 aliphatic heterocycles. The van der Waals surface area contributed by atoms with Gasteiger partial charge in [0.25, 0.3) is 0 Å². The molecule has 1 aliphatic carbocycles. The number of aliphatic hydroxyl groups is 1. The Morgan fingerprint density at radius 2 is 1.92 bits per heavy atom. The zero-order chi connectivity index (χ0) is 16.8. The van der Waals surface area contributed by atoms with Crippen molar-refractivity contribution in [3.05, 3.63) is 22.4 Å². The fourth-order valence-electron chi connectivity index (χ4n) is 3.67. The van der Waals surface area contributed by atoms with Gasteiger partial charge in [-0.2, -0.15) is 0 Å². The number of amides is 1. The summed E-state index contributed by atoms with van der Waals surface area (Å²) in [7, 11) is 0. The Labute approximate surface area is 148 Å². The number of rotatable bonds is 6. The summed E-state index contributed by atoms with van der Waals surface area (Å²) < 4.78 is 0. The van der Waals surface area contributed by atoms with Crippen LogP contribution in [-0.2, 0) is 4.79 Å². The second-order valence-corrected chi connectivity index (χ2v) is 7.99. The van der Waals surface area contributed by atoms with Gasteiger partial charge in [0.2, 0.25) is 5.91 Å². The first kappa shape index (κ1) is 17.9. The first-order valence-corrected chi connectivity index (χ1v) is 10.0. The molecular formula is C18H29N3O2S. The van der Waals surface area contributed by atoms with E-state index in [0.717, 1.165) is 43.9 Å². The minimum absolute atomic E-state index is 0.175. The van der Waals surface area contributed by atoms with Gasteiger partial charge in [0.05, 0.1) is 6.54 Å². The van der Waals surface area contributed by atoms with Crippen LogP contribution in [0.1, 0.15) is 43.1 Å². The lowest BCUT2D eigenvalue weighted by Crippen LogP contribution is -2.51. The van der Waals surface area contributed by atoms with Crippen molar-refractivity contribution < 1.29 is 9.90 Å². The number of thiophene rings is 1. The van der Waals surface area contributed by atoms with E-state index in [0.29, 0.717) is 19.1 Å². The van der Waals surface area contributed by atoms with E-state index < -0.39 is 6.10 Å². The highest BCUT2D eigenvalue weighted by molar-refractivity contribution is 7.10. The molecule has 5 nitrogen and oxygen atoms in total. The molecule has 3 rings (SSSR count). The highest BCUT2D eigenvalue weighted by Crippen LogP contribution is 2.20. The van der Waals surface area contributed by atoms with Crippen LogP contribution in [0.2, 0.25) is 0 Å². The first-order valence-electron chi connectivity index (χ1n) is 9.16. The van der Waals surface area contributed by atoms with Crippen LogP contribution >= 0.6 is 11.3 Å². The van der Waals surface area contributed by atoms with E-state index in [1.54, 1.807) is 11.3 Å². The maximum absolute atomic E-state index is 12.2. The molecule has 0 spiro atoms. The Morgan fingerprint density at radius 1 is 1.21 bits per heavy atom. The number of aliphatic hydroxyl groups excluding tert-OH is 1. The van der Waals surface area contributed by atoms with Crippen molar-refractivity contribution in [2.75, 3.05) is 39.3 Å². The second kappa shape index (κ2) is 8.94. The van der Waals surface area contributed by atoms with Gasteiger partial charge in [-0.05, 0) is 24.3 Å². The van der Waals surface area contributed by atoms with E-state index in [4.69, 9.17) is 0 Å². The minimum atomic E-state index is -0.397. The normalized spacial score (nSPS) is 22.4. The molecule has 1 aromatic rings. The summed E-state index contributed by atoms with van der Waals surface area (Å²) in [6.45, 7) is 4.82. The molecule has 1 saturated heterocycles. The lowest BCUT2D eigenvalue weighted by Gasteiger charge is -2.35. The van der Waals surface area contributed by atoms with E-state index in [2.05, 4.69) is 15.1 Å². The molecule has 134 valence electrons. The Bertz CT molecular complexity index is 494. The largest absolute Gasteiger partial charge is 0.386 e. The van der Waals surface area contributed by atoms with Crippen LogP contribution in [-0.4, -0.2) is 66.1 Å². The van der Waals surface area contributed by atoms with Gasteiger partial charge in [-0.1, -0.05) is 25.3 Å². The molecule has 24 heavy (non-hydrogen) atoms. The van der Waals surface area contributed by atoms with Crippen molar-refractivity contribution in [3.63, 3.8) is 0 Å². The van der Waals surface area contributed by atoms with Crippen LogP contribution in [0.3, 0.4) is 0 Å². The summed E-state index contributed by atoms with van der Waals surface area (Å²) in [6, 6.07) is 4.36. The smallest absolute Gasteiger partial charge is 0.234 e. The molecular weight excluding hydrogens is 322 g/mol. The molecule has 2 heterocycles. The third-order valence-electron chi connectivity index (χ3n) is 5.11. The third kappa shape index (κ3) is 5.28. The number of hydrogen-bond acceptors (Lipinski definition) is 5. The summed E-state index contributed by atoms with van der Waals surface area (Å²) in [5.41, 5.74) is 0. The van der Waals surface area contributed by atoms with Gasteiger partial charge in [0.1, 0.15) is 6.10 Å². The number of carbonyl (C=O) groups excluding carboxylic acids is 1. The lowest BCUT2D eigenvalue weighted by atomic mass is 9.95. The maximum atomic E-state index is 12.2. The van der Waals surface area contributed by atoms with Gasteiger partial charge in [0, 0.05) is 43.6 Å². The molecule has 0 aromatic carbocycles. The third-order valence-corrected chi connectivity index (χ3v) is 6.08. The SMILES string of the molecule is O=C(CN1CCN(C[C@H](O)c2cccs2)CC1)NC1CCCCC1. The summed E-state index contributed by atoms with van der Waals surface area (Å²) in [5.74, 6) is 0.175. The molecule has 2 aliphatic rings. The van der Waals surface area contributed by atoms with E-state index in [1.807, 2.05) is 17.5 Å². The van der Waals surface area contributed by atoms with Gasteiger partial charge in [0.15, 0.2) is 0 Å². The molecule has 1 amide bonds. The average molecular weight is 352 g/mol. The number of carbonyl (C=O) groups is 1. The van der Waals surface area contributed by atoms with Crippen LogP contribution in [0.15, 0.2) is 17.5 Å². The average Bonchev–Trinajstić information content (AvgIpc) is 3.12. The van der Waals surface area contributed by atoms with Crippen molar-refractivity contribution in [3.8, 4) is 0 Å². The maximum Gasteiger partial charge on any atom is 0.234 e. The van der Waals surface area contributed by atoms with E-state index in [9.17, 15) is 9.90 Å². The standard InChI is InChI=1S/C18H29N3O2S/c22-16(17-7-4-12-24-17)13-20-8-10-21(11-9-20)14-18(23)19-15-5-2-1-3-6-15/h4,7,12,15-16,22H,1-3,5-6,8-11,13-14H2,(H,19,23)/t16-/m0/s1. The molecule has 2 N–H and O–H groups in total. The Morgan fingerprint density at radius 3 is 2.58 bits per heavy atom. The lowest BCUT2D eigenvalue weighted by molar-refractivity contribution is -0.123. The monoisotopic (exact) mass is 351 g/mol. The fourth-order valence-corrected chi connectivity index (χ4v) is 4.37. The van der Waals surface area contributed by atoms with Crippen molar-refractivity contribution in [2.24, 2.45) is 0 Å². The molecule has 1 aromatic heterocycles. The van der Waals surface area contributed by atoms with Crippen LogP contribution in [0.4, 0.5) is 0 Å². The molecule has 2 fully saturated rings. The van der Waals surface area contributed by atoms with Crippen molar-refractivity contribution in [1.29, 1.82) is 0 Å². The topological polar surface area (TPSA) is 55.8 Å². The predicted molar refractivity (Wildman–Crippen MR) is 97.2 cm³/mol. The Hall–Kier alpha value is -0.950. The Kier molecular flexibility index (Phi) is 6.66. The number of nitrogens with zero attached hydrogens (tertiary/aromatic N) is 2. The van der Waals surface area contributed by atoms with Crippen molar-refractivity contribution >= 4 is 17.2 Å². The van der Waals surface area contributed by atoms with Crippen LogP contribution in [0.5, 0.6) is 0 Å². The summed E-state index contributed by atoms with van der Waals surface area (Å²) in [4.78, 5) is 17.7. The first-order chi connectivity index (χ1) is 11.7. The minimum Gasteiger partial charge on any atom is -0.386 e. The number of hydrogen-bond donors (Lipinski definition) is 2. The van der Waals surface area contributed by atoms with E-state index >= 15 is 0 Å². The van der Waals surface area contributed by atoms with Gasteiger partial charge in [-0.15, -0.1) is 11.3 Å². The second-order valence-electron chi connectivity index (χ2n) is 7.01. The van der Waals surface area contributed by atoms with Gasteiger partial charge >= 0.3 is 0 Å². The van der Waals surface area contributed by atoms with Gasteiger partial charge in [-0.3, -0.25) is 14.6 Å². The van der Waals surface area contributed by atoms with Crippen molar-refractivity contribution in [1.82, 2.24) is 15.1 Å². The van der Waals surface area contributed by atoms with Crippen LogP contribution < -0.4 is 5.32 Å². The van der Waals surface area contributed by atoms with E-state index in [1.165, 1.54) is 19.3 Å². The molecule has 0 unspecified atom stereocenters. The van der Waals surface area contributed by atoms with Crippen molar-refractivity contribution in [2.45, 2.75) is 44.2 Å². The number of piperazine rings is 1. The summed E-state index contributed by atoms with van der Waals surface area (Å²) in [5, 5.41) is 15.4. The highest BCUT2D eigenvalue weighted by Gasteiger charge is 2.23. The Balaban J connectivity index is 1.35. The quantitative estimate of drug-likeness (QED) is 0.821. The number of β-amino-alcohol motifs (C(OH)–C–C–N with tert-alkyl or cyclic N) is 1. The molecule has 0 radical (unpaired) electrons. The zero-order valence-corrected chi connectivity index (χ0v) is 15.1. The predicted octanol–water partition coefficient (Wildman–Crippen LogP) is 1.85. The van der Waals surface area contributed by atoms with Crippen LogP contribution in [0, 0.1) is 0 Å². The molecule has 1 atom stereocenters. The van der Waals surface area contributed by atoms with Crippen LogP contribution in [0.25, 0.3) is 0 Å². The zero-order valence-electron chi connectivity index (χ0n) is 14.3.